The Morgan fingerprint density at radius 2 is 2.03 bits per heavy atom. The van der Waals surface area contributed by atoms with Gasteiger partial charge in [0.2, 0.25) is 0 Å². The maximum absolute atomic E-state index is 13.7. The van der Waals surface area contributed by atoms with Gasteiger partial charge in [0.05, 0.1) is 17.0 Å². The average molecular weight is 443 g/mol. The summed E-state index contributed by atoms with van der Waals surface area (Å²) in [5, 5.41) is 4.01. The van der Waals surface area contributed by atoms with Gasteiger partial charge in [-0.15, -0.1) is 0 Å². The smallest absolute Gasteiger partial charge is 0.253 e. The van der Waals surface area contributed by atoms with Gasteiger partial charge in [-0.05, 0) is 50.1 Å². The molecule has 1 amide bonds. The van der Waals surface area contributed by atoms with E-state index >= 15 is 0 Å². The van der Waals surface area contributed by atoms with Gasteiger partial charge in [-0.1, -0.05) is 11.2 Å². The van der Waals surface area contributed by atoms with Gasteiger partial charge in [0.1, 0.15) is 5.82 Å². The van der Waals surface area contributed by atoms with Crippen LogP contribution in [0.3, 0.4) is 0 Å². The number of hydrogen-bond donors (Lipinski definition) is 0. The topological polar surface area (TPSA) is 85.0 Å². The molecule has 1 unspecified atom stereocenters. The van der Waals surface area contributed by atoms with Crippen LogP contribution < -0.4 is 0 Å². The summed E-state index contributed by atoms with van der Waals surface area (Å²) in [7, 11) is 0. The molecule has 0 N–H and O–H groups in total. The van der Waals surface area contributed by atoms with Crippen LogP contribution in [0.25, 0.3) is 22.7 Å². The van der Waals surface area contributed by atoms with Crippen LogP contribution in [0.2, 0.25) is 0 Å². The van der Waals surface area contributed by atoms with Crippen LogP contribution in [0, 0.1) is 12.7 Å². The van der Waals surface area contributed by atoms with E-state index in [1.165, 1.54) is 12.1 Å². The van der Waals surface area contributed by atoms with Crippen LogP contribution in [-0.2, 0) is 0 Å². The van der Waals surface area contributed by atoms with Gasteiger partial charge < -0.3 is 9.42 Å². The third-order valence-electron chi connectivity index (χ3n) is 5.82. The van der Waals surface area contributed by atoms with Gasteiger partial charge in [0.25, 0.3) is 5.91 Å². The third-order valence-corrected chi connectivity index (χ3v) is 5.82. The molecule has 4 heterocycles. The molecule has 1 saturated heterocycles. The third kappa shape index (κ3) is 4.37. The van der Waals surface area contributed by atoms with Crippen LogP contribution >= 0.6 is 0 Å². The standard InChI is InChI=1S/C25H22FN5O2/c1-16-12-22(33-30-16)21-14-28-24(17-7-9-27-10-8-17)29-23(21)19-5-3-11-31(15-19)25(32)18-4-2-6-20(26)13-18/h2,4,6-10,12-14,19H,3,5,11,15H2,1H3. The molecule has 4 aromatic rings. The minimum absolute atomic E-state index is 0.0275. The summed E-state index contributed by atoms with van der Waals surface area (Å²) < 4.78 is 19.2. The summed E-state index contributed by atoms with van der Waals surface area (Å²) in [6.07, 6.45) is 6.83. The molecule has 7 nitrogen and oxygen atoms in total. The number of rotatable bonds is 4. The zero-order chi connectivity index (χ0) is 22.8. The number of aromatic nitrogens is 4. The second-order valence-electron chi connectivity index (χ2n) is 8.16. The summed E-state index contributed by atoms with van der Waals surface area (Å²) in [6.45, 7) is 2.95. The maximum Gasteiger partial charge on any atom is 0.253 e. The Kier molecular flexibility index (Phi) is 5.64. The maximum atomic E-state index is 13.7. The van der Waals surface area contributed by atoms with Gasteiger partial charge in [0, 0.05) is 54.8 Å². The summed E-state index contributed by atoms with van der Waals surface area (Å²) in [6, 6.07) is 11.4. The molecule has 1 fully saturated rings. The molecule has 33 heavy (non-hydrogen) atoms. The van der Waals surface area contributed by atoms with Crippen molar-refractivity contribution in [2.45, 2.75) is 25.7 Å². The molecule has 0 bridgehead atoms. The Morgan fingerprint density at radius 1 is 1.18 bits per heavy atom. The highest BCUT2D eigenvalue weighted by Gasteiger charge is 2.29. The highest BCUT2D eigenvalue weighted by molar-refractivity contribution is 5.94. The predicted octanol–water partition coefficient (Wildman–Crippen LogP) is 4.66. The Labute approximate surface area is 190 Å². The summed E-state index contributed by atoms with van der Waals surface area (Å²) in [5.41, 5.74) is 3.54. The van der Waals surface area contributed by atoms with Crippen molar-refractivity contribution in [3.63, 3.8) is 0 Å². The monoisotopic (exact) mass is 443 g/mol. The first-order chi connectivity index (χ1) is 16.1. The highest BCUT2D eigenvalue weighted by Crippen LogP contribution is 2.35. The predicted molar refractivity (Wildman–Crippen MR) is 120 cm³/mol. The number of benzene rings is 1. The average Bonchev–Trinajstić information content (AvgIpc) is 3.30. The quantitative estimate of drug-likeness (QED) is 0.456. The van der Waals surface area contributed by atoms with E-state index in [2.05, 4.69) is 15.1 Å². The second kappa shape index (κ2) is 8.90. The summed E-state index contributed by atoms with van der Waals surface area (Å²) in [5.74, 6) is 0.549. The van der Waals surface area contributed by atoms with Crippen molar-refractivity contribution in [2.75, 3.05) is 13.1 Å². The van der Waals surface area contributed by atoms with E-state index in [9.17, 15) is 9.18 Å². The van der Waals surface area contributed by atoms with Crippen molar-refractivity contribution in [1.29, 1.82) is 0 Å². The molecule has 5 rings (SSSR count). The lowest BCUT2D eigenvalue weighted by Gasteiger charge is -2.33. The van der Waals surface area contributed by atoms with E-state index < -0.39 is 5.82 Å². The van der Waals surface area contributed by atoms with Crippen molar-refractivity contribution < 1.29 is 13.7 Å². The van der Waals surface area contributed by atoms with Crippen molar-refractivity contribution in [2.24, 2.45) is 0 Å². The number of carbonyl (C=O) groups is 1. The first kappa shape index (κ1) is 20.9. The first-order valence-corrected chi connectivity index (χ1v) is 10.8. The van der Waals surface area contributed by atoms with Crippen LogP contribution in [-0.4, -0.2) is 44.0 Å². The lowest BCUT2D eigenvalue weighted by molar-refractivity contribution is 0.0705. The van der Waals surface area contributed by atoms with Crippen LogP contribution in [0.15, 0.2) is 65.6 Å². The molecule has 1 aliphatic rings. The number of hydrogen-bond acceptors (Lipinski definition) is 6. The Bertz CT molecular complexity index is 1290. The molecule has 0 spiro atoms. The number of amides is 1. The highest BCUT2D eigenvalue weighted by atomic mass is 19.1. The fourth-order valence-electron chi connectivity index (χ4n) is 4.22. The van der Waals surface area contributed by atoms with Crippen molar-refractivity contribution >= 4 is 5.91 Å². The normalized spacial score (nSPS) is 16.1. The lowest BCUT2D eigenvalue weighted by atomic mass is 9.90. The summed E-state index contributed by atoms with van der Waals surface area (Å²) >= 11 is 0. The number of halogens is 1. The Balaban J connectivity index is 1.51. The van der Waals surface area contributed by atoms with Crippen molar-refractivity contribution in [1.82, 2.24) is 25.0 Å². The molecule has 0 saturated carbocycles. The Morgan fingerprint density at radius 3 is 2.79 bits per heavy atom. The molecule has 8 heteroatoms. The van der Waals surface area contributed by atoms with Gasteiger partial charge in [-0.25, -0.2) is 14.4 Å². The zero-order valence-corrected chi connectivity index (χ0v) is 18.1. The van der Waals surface area contributed by atoms with E-state index in [1.807, 2.05) is 25.1 Å². The number of piperidine rings is 1. The van der Waals surface area contributed by atoms with Crippen molar-refractivity contribution in [3.8, 4) is 22.7 Å². The number of carbonyl (C=O) groups excluding carboxylic acids is 1. The Hall–Kier alpha value is -3.94. The van der Waals surface area contributed by atoms with Gasteiger partial charge in [-0.2, -0.15) is 0 Å². The lowest BCUT2D eigenvalue weighted by Crippen LogP contribution is -2.39. The minimum atomic E-state index is -0.421. The van der Waals surface area contributed by atoms with Crippen molar-refractivity contribution in [3.05, 3.63) is 83.8 Å². The molecule has 3 aromatic heterocycles. The number of aryl methyl sites for hydroxylation is 1. The van der Waals surface area contributed by atoms with E-state index in [1.54, 1.807) is 35.6 Å². The van der Waals surface area contributed by atoms with E-state index in [4.69, 9.17) is 9.51 Å². The SMILES string of the molecule is Cc1cc(-c2cnc(-c3ccncc3)nc2C2CCCN(C(=O)c3cccc(F)c3)C2)on1. The van der Waals surface area contributed by atoms with Crippen LogP contribution in [0.5, 0.6) is 0 Å². The number of pyridine rings is 1. The summed E-state index contributed by atoms with van der Waals surface area (Å²) in [4.78, 5) is 28.4. The van der Waals surface area contributed by atoms with E-state index in [0.29, 0.717) is 30.2 Å². The molecule has 166 valence electrons. The van der Waals surface area contributed by atoms with E-state index in [0.717, 1.165) is 35.4 Å². The molecular weight excluding hydrogens is 421 g/mol. The molecule has 1 aliphatic heterocycles. The molecule has 1 aromatic carbocycles. The number of likely N-dealkylation sites (tertiary alicyclic amines) is 1. The molecule has 1 atom stereocenters. The number of nitrogens with zero attached hydrogens (tertiary/aromatic N) is 5. The molecule has 0 aliphatic carbocycles. The molecular formula is C25H22FN5O2. The van der Waals surface area contributed by atoms with Gasteiger partial charge in [0.15, 0.2) is 11.6 Å². The minimum Gasteiger partial charge on any atom is -0.356 e. The van der Waals surface area contributed by atoms with E-state index in [-0.39, 0.29) is 11.8 Å². The van der Waals surface area contributed by atoms with Gasteiger partial charge >= 0.3 is 0 Å². The molecule has 0 radical (unpaired) electrons. The second-order valence-corrected chi connectivity index (χ2v) is 8.16. The van der Waals surface area contributed by atoms with Crippen LogP contribution in [0.1, 0.15) is 40.5 Å². The van der Waals surface area contributed by atoms with Crippen LogP contribution in [0.4, 0.5) is 4.39 Å². The fraction of sp³-hybridized carbons (Fsp3) is 0.240. The zero-order valence-electron chi connectivity index (χ0n) is 18.1. The van der Waals surface area contributed by atoms with Gasteiger partial charge in [-0.3, -0.25) is 9.78 Å². The first-order valence-electron chi connectivity index (χ1n) is 10.8. The fourth-order valence-corrected chi connectivity index (χ4v) is 4.22. The largest absolute Gasteiger partial charge is 0.356 e.